The smallest absolute Gasteiger partial charge is 0.122 e. The van der Waals surface area contributed by atoms with Crippen LogP contribution in [-0.4, -0.2) is 90.0 Å². The van der Waals surface area contributed by atoms with Crippen LogP contribution >= 0.6 is 0 Å². The molecule has 0 aliphatic carbocycles. The Morgan fingerprint density at radius 1 is 0.438 bits per heavy atom. The number of rotatable bonds is 24. The first-order chi connectivity index (χ1) is 30.5. The average molecular weight is 873 g/mol. The van der Waals surface area contributed by atoms with Gasteiger partial charge in [-0.2, -0.15) is 0 Å². The standard InChI is InChI=1S/C27H32O5.C27H32O4.CH4/c1-4-5-18-10-20(6-8-25(18)31-16-23-14-29-23)27(2,3)21-7-9-26(32-17-24-15-30-24)19(11-21)12-22-13-28-22;1-5-7-19-13-21(9-11-25(19)30-17-23-15-28-23)27(3,4)22-10-12-26(20(14-22)8-6-2)31-18-24-16-29-24;/h4,6-11,22-24H,1,5,12-17H2,2-3H3;5-6,9-14,23-24H,1-2,7-8,15-18H2,3-4H3;1H4. The molecular formula is C55H68O9. The van der Waals surface area contributed by atoms with Crippen molar-refractivity contribution in [1.82, 2.24) is 0 Å². The number of allylic oxidation sites excluding steroid dienone is 3. The van der Waals surface area contributed by atoms with Crippen molar-refractivity contribution < 1.29 is 42.6 Å². The van der Waals surface area contributed by atoms with Gasteiger partial charge in [0.05, 0.1) is 39.1 Å². The fourth-order valence-corrected chi connectivity index (χ4v) is 7.69. The summed E-state index contributed by atoms with van der Waals surface area (Å²) in [5, 5.41) is 0. The molecule has 4 aromatic rings. The van der Waals surface area contributed by atoms with E-state index in [4.69, 9.17) is 42.6 Å². The average Bonchev–Trinajstić information content (AvgIpc) is 4.07. The SMILES string of the molecule is C.C=CCc1cc(C(C)(C)c2ccc(OCC3CO3)c(CC3CO3)c2)ccc1OCC1CO1.C=CCc1cc(C(C)(C)c2ccc(OCC3CO3)c(CC=C)c2)ccc1OCC1CO1. The van der Waals surface area contributed by atoms with Crippen molar-refractivity contribution in [3.63, 3.8) is 0 Å². The van der Waals surface area contributed by atoms with Crippen molar-refractivity contribution in [3.8, 4) is 23.0 Å². The molecule has 5 fully saturated rings. The van der Waals surface area contributed by atoms with E-state index in [-0.39, 0.29) is 42.7 Å². The molecule has 5 heterocycles. The van der Waals surface area contributed by atoms with E-state index in [2.05, 4.69) is 120 Å². The van der Waals surface area contributed by atoms with Crippen LogP contribution in [0.3, 0.4) is 0 Å². The van der Waals surface area contributed by atoms with Gasteiger partial charge in [-0.05, 0) is 88.0 Å². The maximum absolute atomic E-state index is 6.06. The van der Waals surface area contributed by atoms with Gasteiger partial charge >= 0.3 is 0 Å². The zero-order valence-electron chi connectivity index (χ0n) is 37.5. The molecule has 5 aliphatic heterocycles. The molecule has 5 atom stereocenters. The molecule has 5 unspecified atom stereocenters. The van der Waals surface area contributed by atoms with Crippen LogP contribution in [0.4, 0.5) is 0 Å². The molecule has 342 valence electrons. The van der Waals surface area contributed by atoms with Gasteiger partial charge < -0.3 is 42.6 Å². The minimum Gasteiger partial charge on any atom is -0.491 e. The highest BCUT2D eigenvalue weighted by Crippen LogP contribution is 2.39. The minimum atomic E-state index is -0.178. The van der Waals surface area contributed by atoms with Crippen molar-refractivity contribution in [3.05, 3.63) is 155 Å². The van der Waals surface area contributed by atoms with E-state index in [0.717, 1.165) is 98.4 Å². The quantitative estimate of drug-likeness (QED) is 0.0504. The van der Waals surface area contributed by atoms with Crippen LogP contribution in [-0.2, 0) is 60.2 Å². The van der Waals surface area contributed by atoms with Crippen molar-refractivity contribution in [2.75, 3.05) is 59.5 Å². The molecular weight excluding hydrogens is 805 g/mol. The summed E-state index contributed by atoms with van der Waals surface area (Å²) >= 11 is 0. The first kappa shape index (κ1) is 47.1. The highest BCUT2D eigenvalue weighted by atomic mass is 16.6. The largest absolute Gasteiger partial charge is 0.491 e. The van der Waals surface area contributed by atoms with Gasteiger partial charge in [0.15, 0.2) is 0 Å². The van der Waals surface area contributed by atoms with Crippen LogP contribution in [0.2, 0.25) is 0 Å². The number of hydrogen-bond acceptors (Lipinski definition) is 9. The lowest BCUT2D eigenvalue weighted by molar-refractivity contribution is 0.260. The van der Waals surface area contributed by atoms with E-state index >= 15 is 0 Å². The van der Waals surface area contributed by atoms with Gasteiger partial charge in [-0.3, -0.25) is 0 Å². The summed E-state index contributed by atoms with van der Waals surface area (Å²) in [5.41, 5.74) is 9.29. The summed E-state index contributed by atoms with van der Waals surface area (Å²) in [6, 6.07) is 26.1. The van der Waals surface area contributed by atoms with Crippen molar-refractivity contribution >= 4 is 0 Å². The Morgan fingerprint density at radius 2 is 0.688 bits per heavy atom. The molecule has 0 bridgehead atoms. The lowest BCUT2D eigenvalue weighted by Gasteiger charge is -2.28. The van der Waals surface area contributed by atoms with Gasteiger partial charge in [-0.15, -0.1) is 19.7 Å². The third-order valence-electron chi connectivity index (χ3n) is 12.4. The Bertz CT molecular complexity index is 2150. The van der Waals surface area contributed by atoms with Gasteiger partial charge in [-0.25, -0.2) is 0 Å². The van der Waals surface area contributed by atoms with E-state index in [0.29, 0.717) is 32.5 Å². The van der Waals surface area contributed by atoms with E-state index in [1.807, 2.05) is 18.2 Å². The van der Waals surface area contributed by atoms with Gasteiger partial charge in [-0.1, -0.05) is 102 Å². The number of epoxide rings is 5. The summed E-state index contributed by atoms with van der Waals surface area (Å²) in [4.78, 5) is 0. The van der Waals surface area contributed by atoms with Gasteiger partial charge in [0.2, 0.25) is 0 Å². The molecule has 0 saturated carbocycles. The van der Waals surface area contributed by atoms with E-state index < -0.39 is 0 Å². The van der Waals surface area contributed by atoms with Crippen LogP contribution in [0.1, 0.15) is 79.6 Å². The third-order valence-corrected chi connectivity index (χ3v) is 12.4. The van der Waals surface area contributed by atoms with Crippen LogP contribution in [0.5, 0.6) is 23.0 Å². The van der Waals surface area contributed by atoms with Crippen LogP contribution in [0.15, 0.2) is 111 Å². The molecule has 0 amide bonds. The van der Waals surface area contributed by atoms with Crippen molar-refractivity contribution in [1.29, 1.82) is 0 Å². The van der Waals surface area contributed by atoms with Gasteiger partial charge in [0.1, 0.15) is 73.8 Å². The molecule has 0 radical (unpaired) electrons. The summed E-state index contributed by atoms with van der Waals surface area (Å²) in [6.45, 7) is 27.2. The number of ether oxygens (including phenoxy) is 9. The summed E-state index contributed by atoms with van der Waals surface area (Å²) in [5.74, 6) is 3.67. The third kappa shape index (κ3) is 12.7. The predicted molar refractivity (Wildman–Crippen MR) is 253 cm³/mol. The zero-order chi connectivity index (χ0) is 44.0. The molecule has 0 spiro atoms. The molecule has 0 N–H and O–H groups in total. The molecule has 5 aliphatic rings. The van der Waals surface area contributed by atoms with E-state index in [1.54, 1.807) is 0 Å². The lowest BCUT2D eigenvalue weighted by atomic mass is 9.76. The Labute approximate surface area is 381 Å². The van der Waals surface area contributed by atoms with Gasteiger partial charge in [0, 0.05) is 17.3 Å². The van der Waals surface area contributed by atoms with E-state index in [1.165, 1.54) is 27.8 Å². The minimum absolute atomic E-state index is 0. The monoisotopic (exact) mass is 872 g/mol. The van der Waals surface area contributed by atoms with Crippen molar-refractivity contribution in [2.24, 2.45) is 0 Å². The van der Waals surface area contributed by atoms with Crippen molar-refractivity contribution in [2.45, 2.75) is 102 Å². The normalized spacial score (nSPS) is 21.2. The van der Waals surface area contributed by atoms with Gasteiger partial charge in [0.25, 0.3) is 0 Å². The highest BCUT2D eigenvalue weighted by Gasteiger charge is 2.31. The number of hydrogen-bond donors (Lipinski definition) is 0. The molecule has 9 heteroatoms. The highest BCUT2D eigenvalue weighted by molar-refractivity contribution is 5.50. The fourth-order valence-electron chi connectivity index (χ4n) is 7.69. The summed E-state index contributed by atoms with van der Waals surface area (Å²) in [6.07, 6.45) is 10.2. The molecule has 5 saturated heterocycles. The second-order valence-corrected chi connectivity index (χ2v) is 18.2. The van der Waals surface area contributed by atoms with Crippen LogP contribution in [0.25, 0.3) is 0 Å². The second kappa shape index (κ2) is 20.9. The number of benzene rings is 4. The molecule has 9 rings (SSSR count). The van der Waals surface area contributed by atoms with Crippen LogP contribution < -0.4 is 18.9 Å². The molecule has 64 heavy (non-hydrogen) atoms. The maximum Gasteiger partial charge on any atom is 0.122 e. The van der Waals surface area contributed by atoms with Crippen LogP contribution in [0, 0.1) is 0 Å². The Hall–Kier alpha value is -4.90. The molecule has 0 aromatic heterocycles. The topological polar surface area (TPSA) is 99.6 Å². The van der Waals surface area contributed by atoms with E-state index in [9.17, 15) is 0 Å². The Balaban J connectivity index is 0.000000189. The zero-order valence-corrected chi connectivity index (χ0v) is 37.5. The molecule has 9 nitrogen and oxygen atoms in total. The Kier molecular flexibility index (Phi) is 15.4. The maximum atomic E-state index is 6.06. The predicted octanol–water partition coefficient (Wildman–Crippen LogP) is 9.90. The summed E-state index contributed by atoms with van der Waals surface area (Å²) < 4.78 is 50.7. The Morgan fingerprint density at radius 3 is 0.938 bits per heavy atom. The first-order valence-corrected chi connectivity index (χ1v) is 22.5. The molecule has 4 aromatic carbocycles. The second-order valence-electron chi connectivity index (χ2n) is 18.2. The lowest BCUT2D eigenvalue weighted by Crippen LogP contribution is -2.20. The first-order valence-electron chi connectivity index (χ1n) is 22.5. The summed E-state index contributed by atoms with van der Waals surface area (Å²) in [7, 11) is 0. The fraction of sp³-hybridized carbons (Fsp3) is 0.455.